The van der Waals surface area contributed by atoms with E-state index < -0.39 is 0 Å². The highest BCUT2D eigenvalue weighted by Gasteiger charge is 2.67. The number of ether oxygens (including phenoxy) is 2. The van der Waals surface area contributed by atoms with Crippen LogP contribution in [0.3, 0.4) is 0 Å². The van der Waals surface area contributed by atoms with Gasteiger partial charge in [-0.1, -0.05) is 32.4 Å². The third kappa shape index (κ3) is 7.21. The van der Waals surface area contributed by atoms with Gasteiger partial charge in [0.05, 0.1) is 5.52 Å². The molecule has 0 aliphatic heterocycles. The molecule has 1 aromatic carbocycles. The average Bonchev–Trinajstić information content (AvgIpc) is 3.39. The normalized spacial score (nSPS) is 36.0. The van der Waals surface area contributed by atoms with Crippen molar-refractivity contribution in [3.63, 3.8) is 0 Å². The first kappa shape index (κ1) is 36.4. The number of nitrogens with one attached hydrogen (secondary N) is 1. The number of carbonyl (C=O) groups excluding carboxylic acids is 2. The van der Waals surface area contributed by atoms with Gasteiger partial charge in [0.15, 0.2) is 0 Å². The Morgan fingerprint density at radius 2 is 1.84 bits per heavy atom. The molecule has 0 radical (unpaired) electrons. The fourth-order valence-electron chi connectivity index (χ4n) is 11.5. The third-order valence-corrected chi connectivity index (χ3v) is 14.1. The minimum Gasteiger partial charge on any atom is -0.462 e. The second-order valence-electron chi connectivity index (χ2n) is 16.7. The van der Waals surface area contributed by atoms with Gasteiger partial charge >= 0.3 is 11.9 Å². The monoisotopic (exact) mass is 694 g/mol. The minimum atomic E-state index is -0.183. The number of hydrogen-bond acceptors (Lipinski definition) is 8. The Morgan fingerprint density at radius 3 is 2.59 bits per heavy atom. The summed E-state index contributed by atoms with van der Waals surface area (Å²) in [4.78, 5) is 32.0. The zero-order valence-corrected chi connectivity index (χ0v) is 31.3. The Bertz CT molecular complexity index is 1510. The molecular weight excluding hydrogens is 636 g/mol. The SMILES string of the molecule is CC(=O)O[C@H]1CC2C(C3CC[C@H](C(C)CCCN(C)CCNc4ccnc5cc(Cl)ccc45)[C@]31C)[C@H](OC(C)=O)C[C@@H]1C[C@H](N)CC[C@]21C. The second-order valence-corrected chi connectivity index (χ2v) is 17.1. The second kappa shape index (κ2) is 14.7. The largest absolute Gasteiger partial charge is 0.462 e. The highest BCUT2D eigenvalue weighted by atomic mass is 35.5. The molecule has 9 heteroatoms. The number of carbonyl (C=O) groups is 2. The molecule has 4 unspecified atom stereocenters. The number of nitrogens with two attached hydrogens (primary N) is 1. The number of likely N-dealkylation sites (N-methyl/N-ethyl adjacent to an activating group) is 1. The molecule has 11 atom stereocenters. The fourth-order valence-corrected chi connectivity index (χ4v) is 11.7. The van der Waals surface area contributed by atoms with Gasteiger partial charge in [0.25, 0.3) is 0 Å². The maximum Gasteiger partial charge on any atom is 0.302 e. The number of nitrogens with zero attached hydrogens (tertiary/aromatic N) is 2. The first-order valence-electron chi connectivity index (χ1n) is 18.9. The van der Waals surface area contributed by atoms with Crippen molar-refractivity contribution in [3.8, 4) is 0 Å². The van der Waals surface area contributed by atoms with Crippen LogP contribution in [0.1, 0.15) is 92.4 Å². The summed E-state index contributed by atoms with van der Waals surface area (Å²) in [5.74, 6) is 2.01. The first-order valence-corrected chi connectivity index (χ1v) is 19.3. The van der Waals surface area contributed by atoms with Gasteiger partial charge in [0, 0.05) is 66.6 Å². The number of fused-ring (bicyclic) bond motifs is 6. The lowest BCUT2D eigenvalue weighted by molar-refractivity contribution is -0.220. The van der Waals surface area contributed by atoms with E-state index in [9.17, 15) is 9.59 Å². The molecule has 0 saturated heterocycles. The quantitative estimate of drug-likeness (QED) is 0.230. The summed E-state index contributed by atoms with van der Waals surface area (Å²) in [7, 11) is 2.20. The van der Waals surface area contributed by atoms with Gasteiger partial charge in [-0.3, -0.25) is 14.6 Å². The molecule has 6 rings (SSSR count). The van der Waals surface area contributed by atoms with Gasteiger partial charge in [-0.05, 0) is 131 Å². The van der Waals surface area contributed by atoms with Gasteiger partial charge in [0.1, 0.15) is 12.2 Å². The molecule has 270 valence electrons. The van der Waals surface area contributed by atoms with Crippen LogP contribution < -0.4 is 11.1 Å². The van der Waals surface area contributed by atoms with Crippen LogP contribution in [0.25, 0.3) is 10.9 Å². The van der Waals surface area contributed by atoms with E-state index in [2.05, 4.69) is 43.0 Å². The van der Waals surface area contributed by atoms with Crippen LogP contribution in [-0.4, -0.2) is 66.8 Å². The summed E-state index contributed by atoms with van der Waals surface area (Å²) in [5.41, 5.74) is 8.46. The van der Waals surface area contributed by atoms with E-state index in [0.717, 1.165) is 94.0 Å². The Hall–Kier alpha value is -2.42. The zero-order chi connectivity index (χ0) is 35.1. The summed E-state index contributed by atoms with van der Waals surface area (Å²) in [6, 6.07) is 8.07. The molecule has 3 N–H and O–H groups in total. The van der Waals surface area contributed by atoms with E-state index in [-0.39, 0.29) is 41.0 Å². The zero-order valence-electron chi connectivity index (χ0n) is 30.6. The van der Waals surface area contributed by atoms with Crippen LogP contribution in [0.2, 0.25) is 5.02 Å². The number of rotatable bonds is 11. The van der Waals surface area contributed by atoms with E-state index in [4.69, 9.17) is 26.8 Å². The van der Waals surface area contributed by atoms with Crippen LogP contribution in [0.5, 0.6) is 0 Å². The number of aromatic nitrogens is 1. The van der Waals surface area contributed by atoms with Crippen molar-refractivity contribution in [1.82, 2.24) is 9.88 Å². The van der Waals surface area contributed by atoms with E-state index in [1.165, 1.54) is 0 Å². The molecule has 4 aliphatic rings. The highest BCUT2D eigenvalue weighted by molar-refractivity contribution is 6.31. The van der Waals surface area contributed by atoms with Crippen LogP contribution in [0, 0.1) is 46.3 Å². The Kier molecular flexibility index (Phi) is 10.9. The Balaban J connectivity index is 1.11. The number of anilines is 1. The molecule has 0 spiro atoms. The summed E-state index contributed by atoms with van der Waals surface area (Å²) < 4.78 is 12.6. The van der Waals surface area contributed by atoms with Gasteiger partial charge in [-0.25, -0.2) is 0 Å². The van der Waals surface area contributed by atoms with E-state index in [1.807, 2.05) is 30.5 Å². The topological polar surface area (TPSA) is 107 Å². The van der Waals surface area contributed by atoms with Crippen molar-refractivity contribution < 1.29 is 19.1 Å². The lowest BCUT2D eigenvalue weighted by atomic mass is 9.43. The summed E-state index contributed by atoms with van der Waals surface area (Å²) in [6.45, 7) is 13.2. The predicted molar refractivity (Wildman–Crippen MR) is 196 cm³/mol. The van der Waals surface area contributed by atoms with Crippen molar-refractivity contribution >= 4 is 40.1 Å². The van der Waals surface area contributed by atoms with Crippen LogP contribution in [0.15, 0.2) is 30.5 Å². The molecule has 49 heavy (non-hydrogen) atoms. The van der Waals surface area contributed by atoms with Crippen LogP contribution in [-0.2, 0) is 19.1 Å². The maximum atomic E-state index is 12.7. The van der Waals surface area contributed by atoms with Gasteiger partial charge in [0.2, 0.25) is 0 Å². The lowest BCUT2D eigenvalue weighted by Gasteiger charge is -2.64. The number of hydrogen-bond donors (Lipinski definition) is 2. The van der Waals surface area contributed by atoms with Crippen molar-refractivity contribution in [2.75, 3.05) is 32.0 Å². The molecule has 2 aromatic rings. The molecule has 1 heterocycles. The van der Waals surface area contributed by atoms with Crippen molar-refractivity contribution in [2.45, 2.75) is 111 Å². The summed E-state index contributed by atoms with van der Waals surface area (Å²) >= 11 is 6.17. The number of pyridine rings is 1. The van der Waals surface area contributed by atoms with Gasteiger partial charge in [-0.2, -0.15) is 0 Å². The summed E-state index contributed by atoms with van der Waals surface area (Å²) in [6.07, 6.45) is 11.0. The Morgan fingerprint density at radius 1 is 1.06 bits per heavy atom. The molecular formula is C40H59ClN4O4. The molecule has 8 nitrogen and oxygen atoms in total. The van der Waals surface area contributed by atoms with Gasteiger partial charge < -0.3 is 25.4 Å². The Labute approximate surface area is 298 Å². The van der Waals surface area contributed by atoms with Crippen molar-refractivity contribution in [1.29, 1.82) is 0 Å². The average molecular weight is 695 g/mol. The van der Waals surface area contributed by atoms with Crippen molar-refractivity contribution in [2.24, 2.45) is 52.1 Å². The molecule has 4 saturated carbocycles. The number of halogens is 1. The molecule has 4 fully saturated rings. The van der Waals surface area contributed by atoms with Crippen molar-refractivity contribution in [3.05, 3.63) is 35.5 Å². The van der Waals surface area contributed by atoms with E-state index in [1.54, 1.807) is 13.8 Å². The third-order valence-electron chi connectivity index (χ3n) is 13.9. The lowest BCUT2D eigenvalue weighted by Crippen LogP contribution is -2.63. The molecule has 0 bridgehead atoms. The number of benzene rings is 1. The standard InChI is InChI=1S/C40H59ClN4O4/c1-24(8-7-18-45(6)19-17-44-34-14-16-43-35-22-28(41)9-10-30(34)35)31-11-12-32-38-33(23-37(40(31,32)5)49-26(3)47)39(4)15-13-29(42)20-27(39)21-36(38)48-25(2)46/h9-10,14,16,22,24,27,29,31-33,36-38H,7-8,11-13,15,17-21,23,42H2,1-6H3,(H,43,44)/t24?,27-,29+,31+,32?,33?,36+,37-,38?,39-,40+/m0/s1. The molecule has 4 aliphatic carbocycles. The smallest absolute Gasteiger partial charge is 0.302 e. The van der Waals surface area contributed by atoms with Crippen LogP contribution in [0.4, 0.5) is 5.69 Å². The van der Waals surface area contributed by atoms with E-state index >= 15 is 0 Å². The molecule has 1 aromatic heterocycles. The summed E-state index contributed by atoms with van der Waals surface area (Å²) in [5, 5.41) is 5.37. The number of esters is 2. The van der Waals surface area contributed by atoms with Crippen LogP contribution >= 0.6 is 11.6 Å². The highest BCUT2D eigenvalue weighted by Crippen LogP contribution is 2.69. The van der Waals surface area contributed by atoms with Gasteiger partial charge in [-0.15, -0.1) is 0 Å². The maximum absolute atomic E-state index is 12.7. The first-order chi connectivity index (χ1) is 23.3. The fraction of sp³-hybridized carbons (Fsp3) is 0.725. The minimum absolute atomic E-state index is 0.0901. The van der Waals surface area contributed by atoms with E-state index in [0.29, 0.717) is 40.5 Å². The molecule has 0 amide bonds. The predicted octanol–water partition coefficient (Wildman–Crippen LogP) is 7.72.